The summed E-state index contributed by atoms with van der Waals surface area (Å²) in [5.74, 6) is -1.11. The smallest absolute Gasteiger partial charge is 0.344 e. The largest absolute Gasteiger partial charge is 0.493 e. The molecule has 0 saturated heterocycles. The molecule has 0 atom stereocenters. The molecule has 82 heavy (non-hydrogen) atoms. The highest BCUT2D eigenvalue weighted by atomic mass is 35.5. The van der Waals surface area contributed by atoms with Crippen LogP contribution in [0.5, 0.6) is 17.2 Å². The first kappa shape index (κ1) is 49.9. The molecule has 8 heterocycles. The van der Waals surface area contributed by atoms with E-state index in [-0.39, 0.29) is 84.0 Å². The molecule has 0 radical (unpaired) electrons. The average Bonchev–Trinajstić information content (AvgIpc) is 2.53. The lowest BCUT2D eigenvalue weighted by Crippen LogP contribution is -2.22. The standard InChI is InChI=1S/C63H42ClN3O15/c1-2-74-61(71)50-47(38-7-5-9-43-54(38)79-29-78-43)57-53(67-60(50)70)39-26-30(11-18-42(39)81-57)20-23-76-63(73)49-46(34-14-19-40-33(28-34)22-25-75-40)56-52(66-59(49)69)37-17-10-31(27-44(37)82-56)21-24-77-62(72)48-45(32-12-15-35(64)16-13-32)55-51(65-58(48)68)36-6-3-4-8-41(36)80-55/h3-19,26-28H,2,20-25,29H2,1H3,(H,65,68)(H,66,69)(H,67,70). The summed E-state index contributed by atoms with van der Waals surface area (Å²) in [6.07, 6.45) is 1.02. The summed E-state index contributed by atoms with van der Waals surface area (Å²) < 4.78 is 53.4. The lowest BCUT2D eigenvalue weighted by atomic mass is 9.97. The van der Waals surface area contributed by atoms with Gasteiger partial charge >= 0.3 is 17.9 Å². The molecule has 0 aliphatic carbocycles. The summed E-state index contributed by atoms with van der Waals surface area (Å²) in [6, 6.07) is 35.2. The number of nitrogens with one attached hydrogen (secondary N) is 3. The number of esters is 3. The van der Waals surface area contributed by atoms with Gasteiger partial charge in [0, 0.05) is 57.1 Å². The predicted octanol–water partition coefficient (Wildman–Crippen LogP) is 11.7. The van der Waals surface area contributed by atoms with Crippen molar-refractivity contribution in [3.63, 3.8) is 0 Å². The van der Waals surface area contributed by atoms with Crippen molar-refractivity contribution in [3.05, 3.63) is 191 Å². The molecule has 6 aromatic carbocycles. The Morgan fingerprint density at radius 2 is 1.11 bits per heavy atom. The predicted molar refractivity (Wildman–Crippen MR) is 304 cm³/mol. The van der Waals surface area contributed by atoms with Gasteiger partial charge in [0.25, 0.3) is 16.7 Å². The van der Waals surface area contributed by atoms with E-state index in [1.165, 1.54) is 0 Å². The molecule has 19 heteroatoms. The maximum absolute atomic E-state index is 14.4. The third kappa shape index (κ3) is 8.32. The fraction of sp³-hybridized carbons (Fsp3) is 0.143. The molecule has 0 spiro atoms. The Labute approximate surface area is 465 Å². The Hall–Kier alpha value is -10.3. The summed E-state index contributed by atoms with van der Waals surface area (Å²) in [7, 11) is 0. The van der Waals surface area contributed by atoms with Gasteiger partial charge in [-0.15, -0.1) is 0 Å². The van der Waals surface area contributed by atoms with E-state index in [1.54, 1.807) is 97.9 Å². The minimum atomic E-state index is -0.896. The molecule has 0 amide bonds. The van der Waals surface area contributed by atoms with Gasteiger partial charge in [0.2, 0.25) is 6.79 Å². The first-order valence-corrected chi connectivity index (χ1v) is 26.6. The van der Waals surface area contributed by atoms with Crippen molar-refractivity contribution in [2.24, 2.45) is 0 Å². The lowest BCUT2D eigenvalue weighted by Gasteiger charge is -2.11. The van der Waals surface area contributed by atoms with Crippen LogP contribution in [0, 0.1) is 0 Å². The summed E-state index contributed by atoms with van der Waals surface area (Å²) in [5, 5.41) is 2.23. The number of aromatic amines is 3. The van der Waals surface area contributed by atoms with Crippen molar-refractivity contribution >= 4 is 95.7 Å². The van der Waals surface area contributed by atoms with Crippen LogP contribution in [0.2, 0.25) is 5.02 Å². The van der Waals surface area contributed by atoms with E-state index in [2.05, 4.69) is 15.0 Å². The molecule has 12 aromatic rings. The molecule has 18 nitrogen and oxygen atoms in total. The monoisotopic (exact) mass is 1120 g/mol. The average molecular weight is 1120 g/mol. The van der Waals surface area contributed by atoms with Gasteiger partial charge in [0.05, 0.1) is 48.5 Å². The van der Waals surface area contributed by atoms with Crippen molar-refractivity contribution in [1.82, 2.24) is 15.0 Å². The van der Waals surface area contributed by atoms with Crippen LogP contribution in [0.4, 0.5) is 0 Å². The number of carbonyl (C=O) groups excluding carboxylic acids is 3. The number of benzene rings is 6. The van der Waals surface area contributed by atoms with Crippen molar-refractivity contribution in [2.45, 2.75) is 26.2 Å². The normalized spacial score (nSPS) is 12.7. The summed E-state index contributed by atoms with van der Waals surface area (Å²) in [5.41, 5.74) is 4.83. The number of furan rings is 3. The fourth-order valence-corrected chi connectivity index (χ4v) is 11.2. The minimum absolute atomic E-state index is 0.0290. The fourth-order valence-electron chi connectivity index (χ4n) is 11.1. The van der Waals surface area contributed by atoms with E-state index < -0.39 is 34.6 Å². The maximum atomic E-state index is 14.4. The number of fused-ring (bicyclic) bond motifs is 11. The van der Waals surface area contributed by atoms with Gasteiger partial charge in [-0.25, -0.2) is 14.4 Å². The first-order valence-electron chi connectivity index (χ1n) is 26.2. The number of hydrogen-bond acceptors (Lipinski definition) is 15. The number of hydrogen-bond donors (Lipinski definition) is 3. The molecule has 3 N–H and O–H groups in total. The number of aromatic nitrogens is 3. The van der Waals surface area contributed by atoms with Crippen LogP contribution in [-0.4, -0.2) is 66.1 Å². The number of carbonyl (C=O) groups is 3. The second-order valence-electron chi connectivity index (χ2n) is 19.6. The van der Waals surface area contributed by atoms with Gasteiger partial charge in [-0.1, -0.05) is 66.2 Å². The number of pyridine rings is 3. The molecule has 2 aliphatic heterocycles. The lowest BCUT2D eigenvalue weighted by molar-refractivity contribution is 0.0498. The zero-order valence-corrected chi connectivity index (χ0v) is 44.0. The van der Waals surface area contributed by atoms with Gasteiger partial charge in [0.1, 0.15) is 39.2 Å². The van der Waals surface area contributed by atoms with Crippen LogP contribution in [0.1, 0.15) is 54.7 Å². The number of ether oxygens (including phenoxy) is 6. The number of halogens is 1. The van der Waals surface area contributed by atoms with Gasteiger partial charge in [-0.3, -0.25) is 14.4 Å². The van der Waals surface area contributed by atoms with E-state index >= 15 is 0 Å². The Bertz CT molecular complexity index is 4890. The van der Waals surface area contributed by atoms with E-state index in [9.17, 15) is 28.8 Å². The third-order valence-corrected chi connectivity index (χ3v) is 15.1. The van der Waals surface area contributed by atoms with Crippen LogP contribution >= 0.6 is 11.6 Å². The Morgan fingerprint density at radius 3 is 1.83 bits per heavy atom. The van der Waals surface area contributed by atoms with Crippen molar-refractivity contribution in [3.8, 4) is 50.6 Å². The summed E-state index contributed by atoms with van der Waals surface area (Å²) in [4.78, 5) is 92.2. The number of H-pyrrole nitrogens is 3. The van der Waals surface area contributed by atoms with Crippen LogP contribution in [0.15, 0.2) is 149 Å². The van der Waals surface area contributed by atoms with Gasteiger partial charge in [-0.2, -0.15) is 0 Å². The van der Waals surface area contributed by atoms with Gasteiger partial charge in [0.15, 0.2) is 28.2 Å². The zero-order valence-electron chi connectivity index (χ0n) is 43.2. The quantitative estimate of drug-likeness (QED) is 0.0718. The Morgan fingerprint density at radius 1 is 0.524 bits per heavy atom. The zero-order chi connectivity index (χ0) is 55.9. The van der Waals surface area contributed by atoms with E-state index in [0.717, 1.165) is 5.56 Å². The molecule has 0 unspecified atom stereocenters. The van der Waals surface area contributed by atoms with Crippen molar-refractivity contribution in [1.29, 1.82) is 0 Å². The highest BCUT2D eigenvalue weighted by Gasteiger charge is 2.32. The molecule has 406 valence electrons. The Kier molecular flexibility index (Phi) is 12.0. The van der Waals surface area contributed by atoms with E-state index in [4.69, 9.17) is 53.3 Å². The van der Waals surface area contributed by atoms with Crippen molar-refractivity contribution in [2.75, 3.05) is 33.2 Å². The molecule has 0 fully saturated rings. The second-order valence-corrected chi connectivity index (χ2v) is 20.1. The maximum Gasteiger partial charge on any atom is 0.344 e. The molecular formula is C63H42ClN3O15. The molecule has 0 bridgehead atoms. The Balaban J connectivity index is 0.754. The summed E-state index contributed by atoms with van der Waals surface area (Å²) >= 11 is 6.23. The molecular weight excluding hydrogens is 1070 g/mol. The third-order valence-electron chi connectivity index (χ3n) is 14.8. The second kappa shape index (κ2) is 19.8. The first-order chi connectivity index (χ1) is 40.0. The van der Waals surface area contributed by atoms with Gasteiger partial charge in [-0.05, 0) is 101 Å². The highest BCUT2D eigenvalue weighted by Crippen LogP contribution is 2.46. The van der Waals surface area contributed by atoms with Crippen molar-refractivity contribution < 1.29 is 56.1 Å². The summed E-state index contributed by atoms with van der Waals surface area (Å²) in [6.45, 7) is 1.82. The van der Waals surface area contributed by atoms with Crippen LogP contribution in [0.3, 0.4) is 0 Å². The van der Waals surface area contributed by atoms with Crippen LogP contribution in [-0.2, 0) is 33.5 Å². The van der Waals surface area contributed by atoms with Crippen LogP contribution in [0.25, 0.3) is 99.6 Å². The van der Waals surface area contributed by atoms with E-state index in [1.807, 2.05) is 30.3 Å². The van der Waals surface area contributed by atoms with Gasteiger partial charge < -0.3 is 56.6 Å². The van der Waals surface area contributed by atoms with Crippen LogP contribution < -0.4 is 30.9 Å². The number of para-hydroxylation sites is 2. The topological polar surface area (TPSA) is 245 Å². The highest BCUT2D eigenvalue weighted by molar-refractivity contribution is 6.30. The molecule has 6 aromatic heterocycles. The minimum Gasteiger partial charge on any atom is -0.493 e. The molecule has 14 rings (SSSR count). The molecule has 2 aliphatic rings. The van der Waals surface area contributed by atoms with E-state index in [0.29, 0.717) is 118 Å². The molecule has 0 saturated carbocycles. The number of rotatable bonds is 13. The SMILES string of the molecule is CCOC(=O)c1c(-c2cccc3c2OCO3)c2oc3ccc(CCOC(=O)c4c(-c5ccc6c(c5)CCO6)c5oc6cc(CCOC(=O)c7c(-c8ccc(Cl)cc8)c8oc9ccccc9c8[nH]c7=O)ccc6c5[nH]c4=O)cc3c2[nH]c1=O.